The van der Waals surface area contributed by atoms with Crippen LogP contribution in [-0.2, 0) is 39.9 Å². The van der Waals surface area contributed by atoms with Crippen molar-refractivity contribution in [2.75, 3.05) is 52.9 Å². The van der Waals surface area contributed by atoms with Gasteiger partial charge in [0.15, 0.2) is 0 Å². The van der Waals surface area contributed by atoms with E-state index >= 15 is 0 Å². The van der Waals surface area contributed by atoms with Crippen molar-refractivity contribution in [1.82, 2.24) is 9.97 Å². The number of ether oxygens (including phenoxy) is 8. The molecule has 0 aliphatic carbocycles. The molecule has 1 aromatic heterocycles. The summed E-state index contributed by atoms with van der Waals surface area (Å²) in [6.45, 7) is 13.5. The highest BCUT2D eigenvalue weighted by molar-refractivity contribution is 5.91. The smallest absolute Gasteiger partial charge is 0.330 e. The van der Waals surface area contributed by atoms with Crippen LogP contribution in [0.25, 0.3) is 33.5 Å². The fourth-order valence-corrected chi connectivity index (χ4v) is 8.04. The van der Waals surface area contributed by atoms with Crippen LogP contribution in [-0.4, -0.2) is 93.2 Å². The van der Waals surface area contributed by atoms with E-state index in [4.69, 9.17) is 57.8 Å². The molecule has 0 amide bonds. The molecule has 0 bridgehead atoms. The number of benzene rings is 6. The van der Waals surface area contributed by atoms with Crippen LogP contribution in [0.3, 0.4) is 0 Å². The Bertz CT molecular complexity index is 3230. The van der Waals surface area contributed by atoms with Gasteiger partial charge in [-0.2, -0.15) is 0 Å². The predicted molar refractivity (Wildman–Crippen MR) is 316 cm³/mol. The summed E-state index contributed by atoms with van der Waals surface area (Å²) in [6.07, 6.45) is 14.4. The minimum Gasteiger partial charge on any atom is -0.494 e. The summed E-state index contributed by atoms with van der Waals surface area (Å²) in [5.74, 6) is 1.54. The third-order valence-electron chi connectivity index (χ3n) is 12.2. The fourth-order valence-electron chi connectivity index (χ4n) is 8.04. The average Bonchev–Trinajstić information content (AvgIpc) is 3.70. The number of hydrogen-bond acceptors (Lipinski definition) is 15. The van der Waals surface area contributed by atoms with E-state index in [1.54, 1.807) is 0 Å². The molecule has 6 aromatic carbocycles. The number of fused-ring (bicyclic) bond motifs is 1. The van der Waals surface area contributed by atoms with E-state index in [0.717, 1.165) is 114 Å². The standard InChI is InChI=1S/C66H68N4O11/c1-4-62(71)78-36-13-9-7-11-34-75-56-29-25-54(26-30-56)67-46-49-18-15-20-52(42-49)65-66(53-21-16-19-50(43-53)47-68-55-27-31-57(32-28-55)76-35-12-8-10-14-37-79-63(72)5-2)70-61-44-51(24-33-60(61)69-65)48-81-59-23-17-22-58(45-59)77-40-38-74-39-41-80-64(73)6-3/h4-6,15-33,42-47H,1-3,7-14,34-41,48H2/b67-46+,68-47+. The first-order valence-electron chi connectivity index (χ1n) is 27.1. The summed E-state index contributed by atoms with van der Waals surface area (Å²) in [7, 11) is 0. The van der Waals surface area contributed by atoms with Gasteiger partial charge in [0.05, 0.1) is 73.4 Å². The van der Waals surface area contributed by atoms with Gasteiger partial charge in [-0.1, -0.05) is 68.3 Å². The molecule has 418 valence electrons. The Labute approximate surface area is 473 Å². The summed E-state index contributed by atoms with van der Waals surface area (Å²) in [6, 6.07) is 44.9. The SMILES string of the molecule is C=CC(=O)OCCCCCCOc1ccc(/N=C/c2cccc(-c3nc4ccc(COc5cccc(OCCOCCOC(=O)C=C)c5)cc4nc3-c3cccc(/C=N/c4ccc(OCCCCCCOC(=O)C=C)cc4)c3)c2)cc1. The first-order chi connectivity index (χ1) is 39.7. The van der Waals surface area contributed by atoms with Gasteiger partial charge in [-0.3, -0.25) is 9.98 Å². The highest BCUT2D eigenvalue weighted by Gasteiger charge is 2.16. The van der Waals surface area contributed by atoms with Crippen molar-refractivity contribution in [1.29, 1.82) is 0 Å². The minimum atomic E-state index is -0.489. The van der Waals surface area contributed by atoms with Gasteiger partial charge in [0, 0.05) is 47.9 Å². The van der Waals surface area contributed by atoms with Crippen molar-refractivity contribution in [3.8, 4) is 45.5 Å². The first-order valence-corrected chi connectivity index (χ1v) is 27.1. The molecule has 0 aliphatic heterocycles. The van der Waals surface area contributed by atoms with E-state index in [0.29, 0.717) is 68.0 Å². The number of aliphatic imine (C=N–C) groups is 2. The number of carbonyl (C=O) groups excluding carboxylic acids is 3. The Morgan fingerprint density at radius 1 is 0.407 bits per heavy atom. The molecule has 7 rings (SSSR count). The molecule has 0 unspecified atom stereocenters. The Morgan fingerprint density at radius 2 is 0.864 bits per heavy atom. The van der Waals surface area contributed by atoms with Crippen molar-refractivity contribution in [3.63, 3.8) is 0 Å². The van der Waals surface area contributed by atoms with Crippen molar-refractivity contribution in [2.45, 2.75) is 58.0 Å². The van der Waals surface area contributed by atoms with Crippen LogP contribution in [0.4, 0.5) is 11.4 Å². The van der Waals surface area contributed by atoms with Gasteiger partial charge in [0.1, 0.15) is 42.8 Å². The largest absolute Gasteiger partial charge is 0.494 e. The summed E-state index contributed by atoms with van der Waals surface area (Å²) < 4.78 is 44.6. The van der Waals surface area contributed by atoms with Crippen LogP contribution in [0.2, 0.25) is 0 Å². The third kappa shape index (κ3) is 20.8. The van der Waals surface area contributed by atoms with Crippen LogP contribution in [0.1, 0.15) is 68.1 Å². The molecule has 0 saturated heterocycles. The van der Waals surface area contributed by atoms with Gasteiger partial charge in [-0.15, -0.1) is 0 Å². The molecule has 15 heteroatoms. The predicted octanol–water partition coefficient (Wildman–Crippen LogP) is 13.5. The molecule has 15 nitrogen and oxygen atoms in total. The molecule has 0 spiro atoms. The summed E-state index contributed by atoms with van der Waals surface area (Å²) >= 11 is 0. The third-order valence-corrected chi connectivity index (χ3v) is 12.2. The molecule has 0 N–H and O–H groups in total. The van der Waals surface area contributed by atoms with Crippen LogP contribution < -0.4 is 18.9 Å². The number of rotatable bonds is 35. The first kappa shape index (κ1) is 59.5. The van der Waals surface area contributed by atoms with Gasteiger partial charge in [-0.05, 0) is 153 Å². The molecular formula is C66H68N4O11. The summed E-state index contributed by atoms with van der Waals surface area (Å²) in [4.78, 5) is 53.8. The molecule has 0 aliphatic rings. The second kappa shape index (κ2) is 33.3. The van der Waals surface area contributed by atoms with E-state index in [9.17, 15) is 14.4 Å². The molecule has 0 fully saturated rings. The Kier molecular flexibility index (Phi) is 24.4. The maximum atomic E-state index is 11.2. The summed E-state index contributed by atoms with van der Waals surface area (Å²) in [5.41, 5.74) is 8.78. The Hall–Kier alpha value is -9.21. The monoisotopic (exact) mass is 1090 g/mol. The van der Waals surface area contributed by atoms with Crippen LogP contribution >= 0.6 is 0 Å². The lowest BCUT2D eigenvalue weighted by atomic mass is 10.0. The van der Waals surface area contributed by atoms with E-state index in [2.05, 4.69) is 31.9 Å². The van der Waals surface area contributed by atoms with Crippen molar-refractivity contribution < 1.29 is 52.3 Å². The lowest BCUT2D eigenvalue weighted by Crippen LogP contribution is -2.12. The maximum absolute atomic E-state index is 11.2. The fraction of sp³-hybridized carbons (Fsp3) is 0.258. The van der Waals surface area contributed by atoms with Crippen LogP contribution in [0.15, 0.2) is 187 Å². The van der Waals surface area contributed by atoms with Gasteiger partial charge in [-0.25, -0.2) is 24.4 Å². The van der Waals surface area contributed by atoms with Crippen molar-refractivity contribution in [3.05, 3.63) is 194 Å². The molecule has 0 atom stereocenters. The quantitative estimate of drug-likeness (QED) is 0.0121. The molecule has 0 radical (unpaired) electrons. The van der Waals surface area contributed by atoms with Crippen LogP contribution in [0, 0.1) is 0 Å². The van der Waals surface area contributed by atoms with Gasteiger partial charge in [0.25, 0.3) is 0 Å². The average molecular weight is 1090 g/mol. The number of esters is 3. The zero-order valence-corrected chi connectivity index (χ0v) is 45.6. The topological polar surface area (TPSA) is 176 Å². The normalized spacial score (nSPS) is 11.1. The number of hydrogen-bond donors (Lipinski definition) is 0. The maximum Gasteiger partial charge on any atom is 0.330 e. The second-order valence-electron chi connectivity index (χ2n) is 18.4. The highest BCUT2D eigenvalue weighted by atomic mass is 16.6. The van der Waals surface area contributed by atoms with Gasteiger partial charge >= 0.3 is 17.9 Å². The Balaban J connectivity index is 1.03. The molecule has 7 aromatic rings. The number of carbonyl (C=O) groups is 3. The van der Waals surface area contributed by atoms with Gasteiger partial charge in [0.2, 0.25) is 0 Å². The minimum absolute atomic E-state index is 0.140. The van der Waals surface area contributed by atoms with Gasteiger partial charge < -0.3 is 37.9 Å². The van der Waals surface area contributed by atoms with E-state index in [1.807, 2.05) is 140 Å². The van der Waals surface area contributed by atoms with Crippen molar-refractivity contribution in [2.24, 2.45) is 9.98 Å². The lowest BCUT2D eigenvalue weighted by Gasteiger charge is -2.13. The summed E-state index contributed by atoms with van der Waals surface area (Å²) in [5, 5.41) is 0. The highest BCUT2D eigenvalue weighted by Crippen LogP contribution is 2.33. The molecule has 0 saturated carbocycles. The van der Waals surface area contributed by atoms with E-state index in [-0.39, 0.29) is 19.8 Å². The number of unbranched alkanes of at least 4 members (excludes halogenated alkanes) is 6. The number of nitrogens with zero attached hydrogens (tertiary/aromatic N) is 4. The molecule has 1 heterocycles. The number of aromatic nitrogens is 2. The zero-order valence-electron chi connectivity index (χ0n) is 45.6. The molecule has 81 heavy (non-hydrogen) atoms. The molecular weight excluding hydrogens is 1020 g/mol. The zero-order chi connectivity index (χ0) is 56.7. The van der Waals surface area contributed by atoms with E-state index < -0.39 is 17.9 Å². The van der Waals surface area contributed by atoms with E-state index in [1.165, 1.54) is 12.2 Å². The lowest BCUT2D eigenvalue weighted by molar-refractivity contribution is -0.139. The second-order valence-corrected chi connectivity index (χ2v) is 18.4. The van der Waals surface area contributed by atoms with Crippen LogP contribution in [0.5, 0.6) is 23.0 Å². The van der Waals surface area contributed by atoms with Crippen molar-refractivity contribution >= 4 is 52.7 Å². The Morgan fingerprint density at radius 3 is 1.40 bits per heavy atom.